The van der Waals surface area contributed by atoms with Crippen molar-refractivity contribution in [3.63, 3.8) is 0 Å². The third kappa shape index (κ3) is 6.25. The zero-order valence-corrected chi connectivity index (χ0v) is 13.3. The summed E-state index contributed by atoms with van der Waals surface area (Å²) < 4.78 is 5.28. The minimum atomic E-state index is -0.743. The van der Waals surface area contributed by atoms with Crippen molar-refractivity contribution in [1.29, 1.82) is 0 Å². The predicted molar refractivity (Wildman–Crippen MR) is 85.3 cm³/mol. The minimum absolute atomic E-state index is 0.186. The molecule has 1 rings (SSSR count). The first-order valence-electron chi connectivity index (χ1n) is 6.87. The van der Waals surface area contributed by atoms with E-state index in [-0.39, 0.29) is 12.2 Å². The van der Waals surface area contributed by atoms with Gasteiger partial charge in [-0.05, 0) is 44.5 Å². The van der Waals surface area contributed by atoms with Crippen LogP contribution < -0.4 is 4.90 Å². The highest BCUT2D eigenvalue weighted by atomic mass is 16.6. The largest absolute Gasteiger partial charge is 0.455 e. The first-order valence-corrected chi connectivity index (χ1v) is 6.87. The normalized spacial score (nSPS) is 11.5. The van der Waals surface area contributed by atoms with Gasteiger partial charge in [0.2, 0.25) is 0 Å². The molecule has 0 N–H and O–H groups in total. The van der Waals surface area contributed by atoms with E-state index in [1.165, 1.54) is 6.92 Å². The molecular formula is C17H23NO3. The number of esters is 1. The lowest BCUT2D eigenvalue weighted by molar-refractivity contribution is -0.153. The molecule has 0 radical (unpaired) electrons. The molecule has 114 valence electrons. The van der Waals surface area contributed by atoms with Gasteiger partial charge in [0.05, 0.1) is 0 Å². The number of nitrogens with zero attached hydrogens (tertiary/aromatic N) is 1. The van der Waals surface area contributed by atoms with E-state index in [0.717, 1.165) is 11.3 Å². The summed E-state index contributed by atoms with van der Waals surface area (Å²) in [6, 6.07) is 8.04. The van der Waals surface area contributed by atoms with Crippen LogP contribution in [-0.4, -0.2) is 31.4 Å². The Morgan fingerprint density at radius 3 is 2.24 bits per heavy atom. The van der Waals surface area contributed by atoms with Crippen LogP contribution >= 0.6 is 0 Å². The Balaban J connectivity index is 2.69. The Hall–Kier alpha value is -2.10. The fourth-order valence-corrected chi connectivity index (χ4v) is 1.75. The van der Waals surface area contributed by atoms with Gasteiger partial charge in [0.1, 0.15) is 17.8 Å². The van der Waals surface area contributed by atoms with E-state index in [0.29, 0.717) is 0 Å². The van der Waals surface area contributed by atoms with E-state index in [1.807, 2.05) is 55.4 Å². The van der Waals surface area contributed by atoms with E-state index in [2.05, 4.69) is 0 Å². The van der Waals surface area contributed by atoms with Gasteiger partial charge in [0, 0.05) is 19.8 Å². The standard InChI is InChI=1S/C17H23NO3/c1-13(19)12-16(20)21-17(2,3)11-10-14-6-8-15(9-7-14)18(4)5/h6-11H,12H2,1-5H3/b11-10+. The molecule has 0 saturated carbocycles. The van der Waals surface area contributed by atoms with Gasteiger partial charge in [0.25, 0.3) is 0 Å². The van der Waals surface area contributed by atoms with Crippen molar-refractivity contribution < 1.29 is 14.3 Å². The van der Waals surface area contributed by atoms with Gasteiger partial charge in [-0.25, -0.2) is 0 Å². The van der Waals surface area contributed by atoms with Crippen LogP contribution in [0.1, 0.15) is 32.8 Å². The molecule has 0 aliphatic heterocycles. The van der Waals surface area contributed by atoms with Crippen LogP contribution in [0.3, 0.4) is 0 Å². The Kier molecular flexibility index (Phi) is 5.70. The van der Waals surface area contributed by atoms with Crippen LogP contribution in [0, 0.1) is 0 Å². The summed E-state index contributed by atoms with van der Waals surface area (Å²) in [4.78, 5) is 24.4. The summed E-state index contributed by atoms with van der Waals surface area (Å²) in [5.41, 5.74) is 1.41. The van der Waals surface area contributed by atoms with E-state index >= 15 is 0 Å². The molecule has 1 aromatic rings. The summed E-state index contributed by atoms with van der Waals surface area (Å²) >= 11 is 0. The third-order valence-electron chi connectivity index (χ3n) is 2.86. The number of Topliss-reactive ketones (excluding diaryl/α,β-unsaturated/α-hetero) is 1. The van der Waals surface area contributed by atoms with Crippen molar-refractivity contribution in [2.45, 2.75) is 32.8 Å². The zero-order chi connectivity index (χ0) is 16.0. The summed E-state index contributed by atoms with van der Waals surface area (Å²) in [6.07, 6.45) is 3.53. The molecule has 0 spiro atoms. The number of hydrogen-bond acceptors (Lipinski definition) is 4. The molecule has 0 unspecified atom stereocenters. The summed E-state index contributed by atoms with van der Waals surface area (Å²) in [5, 5.41) is 0. The molecule has 0 aliphatic rings. The van der Waals surface area contributed by atoms with Crippen LogP contribution in [0.2, 0.25) is 0 Å². The molecule has 0 saturated heterocycles. The molecule has 0 atom stereocenters. The summed E-state index contributed by atoms with van der Waals surface area (Å²) in [6.45, 7) is 4.95. The number of ether oxygens (including phenoxy) is 1. The number of benzene rings is 1. The molecule has 0 fully saturated rings. The number of rotatable bonds is 6. The number of carbonyl (C=O) groups is 2. The van der Waals surface area contributed by atoms with E-state index in [4.69, 9.17) is 4.74 Å². The van der Waals surface area contributed by atoms with E-state index in [1.54, 1.807) is 13.8 Å². The van der Waals surface area contributed by atoms with Gasteiger partial charge in [-0.15, -0.1) is 0 Å². The van der Waals surface area contributed by atoms with Crippen LogP contribution in [-0.2, 0) is 14.3 Å². The third-order valence-corrected chi connectivity index (χ3v) is 2.86. The molecule has 0 bridgehead atoms. The highest BCUT2D eigenvalue weighted by Gasteiger charge is 2.20. The lowest BCUT2D eigenvalue weighted by atomic mass is 10.1. The van der Waals surface area contributed by atoms with Crippen molar-refractivity contribution in [2.75, 3.05) is 19.0 Å². The van der Waals surface area contributed by atoms with Gasteiger partial charge in [-0.2, -0.15) is 0 Å². The SMILES string of the molecule is CC(=O)CC(=O)OC(C)(C)/C=C/c1ccc(N(C)C)cc1. The Bertz CT molecular complexity index is 527. The van der Waals surface area contributed by atoms with Gasteiger partial charge >= 0.3 is 5.97 Å². The first kappa shape index (κ1) is 17.0. The van der Waals surface area contributed by atoms with Gasteiger partial charge in [-0.1, -0.05) is 18.2 Å². The van der Waals surface area contributed by atoms with Gasteiger partial charge in [0.15, 0.2) is 0 Å². The summed E-state index contributed by atoms with van der Waals surface area (Å²) in [7, 11) is 3.98. The molecule has 0 aromatic heterocycles. The van der Waals surface area contributed by atoms with Crippen molar-refractivity contribution in [3.05, 3.63) is 35.9 Å². The van der Waals surface area contributed by atoms with Gasteiger partial charge in [-0.3, -0.25) is 9.59 Å². The second-order valence-corrected chi connectivity index (χ2v) is 5.78. The molecule has 21 heavy (non-hydrogen) atoms. The quantitative estimate of drug-likeness (QED) is 0.596. The van der Waals surface area contributed by atoms with Crippen LogP contribution in [0.15, 0.2) is 30.3 Å². The summed E-state index contributed by atoms with van der Waals surface area (Å²) in [5.74, 6) is -0.695. The van der Waals surface area contributed by atoms with Crippen LogP contribution in [0.5, 0.6) is 0 Å². The smallest absolute Gasteiger partial charge is 0.314 e. The average Bonchev–Trinajstić information content (AvgIpc) is 2.35. The predicted octanol–water partition coefficient (Wildman–Crippen LogP) is 3.07. The number of ketones is 1. The molecular weight excluding hydrogens is 266 g/mol. The molecule has 4 heteroatoms. The molecule has 0 heterocycles. The van der Waals surface area contributed by atoms with Gasteiger partial charge < -0.3 is 9.64 Å². The maximum absolute atomic E-state index is 11.5. The highest BCUT2D eigenvalue weighted by molar-refractivity contribution is 5.94. The van der Waals surface area contributed by atoms with E-state index < -0.39 is 11.6 Å². The number of hydrogen-bond donors (Lipinski definition) is 0. The maximum atomic E-state index is 11.5. The fourth-order valence-electron chi connectivity index (χ4n) is 1.75. The fraction of sp³-hybridized carbons (Fsp3) is 0.412. The lowest BCUT2D eigenvalue weighted by Gasteiger charge is -2.21. The number of anilines is 1. The van der Waals surface area contributed by atoms with Crippen LogP contribution in [0.4, 0.5) is 5.69 Å². The van der Waals surface area contributed by atoms with Crippen LogP contribution in [0.25, 0.3) is 6.08 Å². The average molecular weight is 289 g/mol. The Morgan fingerprint density at radius 1 is 1.19 bits per heavy atom. The van der Waals surface area contributed by atoms with Crippen molar-refractivity contribution in [2.24, 2.45) is 0 Å². The minimum Gasteiger partial charge on any atom is -0.455 e. The topological polar surface area (TPSA) is 46.6 Å². The molecule has 1 aromatic carbocycles. The lowest BCUT2D eigenvalue weighted by Crippen LogP contribution is -2.26. The van der Waals surface area contributed by atoms with Crippen molar-refractivity contribution in [1.82, 2.24) is 0 Å². The van der Waals surface area contributed by atoms with Crippen molar-refractivity contribution >= 4 is 23.5 Å². The highest BCUT2D eigenvalue weighted by Crippen LogP contribution is 2.17. The zero-order valence-electron chi connectivity index (χ0n) is 13.3. The Morgan fingerprint density at radius 2 is 1.76 bits per heavy atom. The monoisotopic (exact) mass is 289 g/mol. The molecule has 4 nitrogen and oxygen atoms in total. The second-order valence-electron chi connectivity index (χ2n) is 5.78. The second kappa shape index (κ2) is 7.07. The molecule has 0 amide bonds. The van der Waals surface area contributed by atoms with E-state index in [9.17, 15) is 9.59 Å². The number of carbonyl (C=O) groups excluding carboxylic acids is 2. The first-order chi connectivity index (χ1) is 9.69. The Labute approximate surface area is 126 Å². The molecule has 0 aliphatic carbocycles. The van der Waals surface area contributed by atoms with Crippen molar-refractivity contribution in [3.8, 4) is 0 Å². The maximum Gasteiger partial charge on any atom is 0.314 e.